The predicted octanol–water partition coefficient (Wildman–Crippen LogP) is 3.86. The Bertz CT molecular complexity index is 182. The average molecular weight is 178 g/mol. The molecule has 4 bridgehead atoms. The number of fused-ring (bicyclic) bond motifs is 1. The van der Waals surface area contributed by atoms with Gasteiger partial charge in [-0.05, 0) is 68.1 Å². The Hall–Kier alpha value is 0. The van der Waals surface area contributed by atoms with Gasteiger partial charge in [0.25, 0.3) is 0 Å². The highest BCUT2D eigenvalue weighted by molar-refractivity contribution is 4.93. The van der Waals surface area contributed by atoms with Crippen LogP contribution in [0.2, 0.25) is 0 Å². The number of rotatable bonds is 1. The zero-order valence-corrected chi connectivity index (χ0v) is 8.84. The first kappa shape index (κ1) is 8.32. The van der Waals surface area contributed by atoms with E-state index in [9.17, 15) is 0 Å². The van der Waals surface area contributed by atoms with Crippen LogP contribution in [-0.4, -0.2) is 0 Å². The fourth-order valence-electron chi connectivity index (χ4n) is 4.74. The molecule has 0 aromatic rings. The van der Waals surface area contributed by atoms with E-state index in [0.717, 1.165) is 29.6 Å². The van der Waals surface area contributed by atoms with Crippen LogP contribution in [0, 0.1) is 29.6 Å². The summed E-state index contributed by atoms with van der Waals surface area (Å²) in [7, 11) is 0. The minimum atomic E-state index is 1.11. The fourth-order valence-corrected chi connectivity index (χ4v) is 4.74. The van der Waals surface area contributed by atoms with Crippen molar-refractivity contribution in [3.63, 3.8) is 0 Å². The highest BCUT2D eigenvalue weighted by Crippen LogP contribution is 2.53. The predicted molar refractivity (Wildman–Crippen MR) is 55.4 cm³/mol. The second-order valence-electron chi connectivity index (χ2n) is 5.94. The molecule has 4 aliphatic carbocycles. The molecule has 0 saturated heterocycles. The van der Waals surface area contributed by atoms with Crippen LogP contribution >= 0.6 is 0 Å². The molecule has 0 spiro atoms. The zero-order valence-electron chi connectivity index (χ0n) is 8.84. The van der Waals surface area contributed by atoms with Gasteiger partial charge in [0.2, 0.25) is 0 Å². The van der Waals surface area contributed by atoms with Crippen LogP contribution < -0.4 is 0 Å². The molecule has 0 heteroatoms. The lowest BCUT2D eigenvalue weighted by molar-refractivity contribution is 0.125. The van der Waals surface area contributed by atoms with E-state index >= 15 is 0 Å². The first-order chi connectivity index (χ1) is 6.35. The van der Waals surface area contributed by atoms with E-state index < -0.39 is 0 Å². The Morgan fingerprint density at radius 3 is 1.85 bits per heavy atom. The van der Waals surface area contributed by atoms with Crippen molar-refractivity contribution in [1.29, 1.82) is 0 Å². The van der Waals surface area contributed by atoms with E-state index in [-0.39, 0.29) is 0 Å². The van der Waals surface area contributed by atoms with Crippen molar-refractivity contribution in [2.24, 2.45) is 29.6 Å². The summed E-state index contributed by atoms with van der Waals surface area (Å²) in [5, 5.41) is 0. The summed E-state index contributed by atoms with van der Waals surface area (Å²) in [6, 6.07) is 0. The van der Waals surface area contributed by atoms with Crippen molar-refractivity contribution in [3.05, 3.63) is 0 Å². The smallest absolute Gasteiger partial charge is 0.0381 e. The largest absolute Gasteiger partial charge is 0.0651 e. The van der Waals surface area contributed by atoms with Crippen molar-refractivity contribution in [1.82, 2.24) is 0 Å². The molecule has 4 rings (SSSR count). The molecule has 0 N–H and O–H groups in total. The van der Waals surface area contributed by atoms with Gasteiger partial charge < -0.3 is 0 Å². The van der Waals surface area contributed by atoms with E-state index in [1.807, 2.05) is 0 Å². The van der Waals surface area contributed by atoms with Gasteiger partial charge in [-0.15, -0.1) is 0 Å². The standard InChI is InChI=1S/C13H22/c1-2-12-6-9-3-10-5-11(4-9)8-13(12)7-10/h9-13H,2-8H2,1H3. The van der Waals surface area contributed by atoms with Crippen molar-refractivity contribution < 1.29 is 0 Å². The molecule has 74 valence electrons. The Balaban J connectivity index is 1.86. The van der Waals surface area contributed by atoms with Crippen molar-refractivity contribution in [2.75, 3.05) is 0 Å². The quantitative estimate of drug-likeness (QED) is 0.572. The molecule has 4 aliphatic rings. The molecular weight excluding hydrogens is 156 g/mol. The van der Waals surface area contributed by atoms with E-state index in [4.69, 9.17) is 0 Å². The van der Waals surface area contributed by atoms with Crippen LogP contribution in [-0.2, 0) is 0 Å². The summed E-state index contributed by atoms with van der Waals surface area (Å²) >= 11 is 0. The third-order valence-corrected chi connectivity index (χ3v) is 5.10. The van der Waals surface area contributed by atoms with Crippen molar-refractivity contribution in [3.8, 4) is 0 Å². The molecular formula is C13H22. The number of hydrogen-bond acceptors (Lipinski definition) is 0. The Labute approximate surface area is 82.1 Å². The summed E-state index contributed by atoms with van der Waals surface area (Å²) in [6.45, 7) is 2.41. The molecule has 0 aliphatic heterocycles. The molecule has 0 aromatic carbocycles. The summed E-state index contributed by atoms with van der Waals surface area (Å²) in [6.07, 6.45) is 11.1. The summed E-state index contributed by atoms with van der Waals surface area (Å²) in [5.74, 6) is 5.70. The first-order valence-corrected chi connectivity index (χ1v) is 6.35. The highest BCUT2D eigenvalue weighted by atomic mass is 14.5. The highest BCUT2D eigenvalue weighted by Gasteiger charge is 2.42. The molecule has 0 heterocycles. The van der Waals surface area contributed by atoms with Crippen LogP contribution in [0.3, 0.4) is 0 Å². The molecule has 0 amide bonds. The van der Waals surface area contributed by atoms with Crippen LogP contribution in [0.5, 0.6) is 0 Å². The van der Waals surface area contributed by atoms with E-state index in [2.05, 4.69) is 6.92 Å². The summed E-state index contributed by atoms with van der Waals surface area (Å²) in [5.41, 5.74) is 0. The molecule has 3 unspecified atom stereocenters. The van der Waals surface area contributed by atoms with Crippen molar-refractivity contribution in [2.45, 2.75) is 51.9 Å². The minimum Gasteiger partial charge on any atom is -0.0651 e. The van der Waals surface area contributed by atoms with Gasteiger partial charge in [-0.2, -0.15) is 0 Å². The van der Waals surface area contributed by atoms with E-state index in [1.165, 1.54) is 6.42 Å². The van der Waals surface area contributed by atoms with Crippen LogP contribution in [0.1, 0.15) is 51.9 Å². The minimum absolute atomic E-state index is 1.11. The lowest BCUT2D eigenvalue weighted by atomic mass is 9.67. The van der Waals surface area contributed by atoms with Gasteiger partial charge in [0.1, 0.15) is 0 Å². The van der Waals surface area contributed by atoms with Gasteiger partial charge in [0.05, 0.1) is 0 Å². The maximum absolute atomic E-state index is 2.41. The fraction of sp³-hybridized carbons (Fsp3) is 1.00. The Morgan fingerprint density at radius 2 is 1.31 bits per heavy atom. The van der Waals surface area contributed by atoms with Crippen molar-refractivity contribution >= 4 is 0 Å². The van der Waals surface area contributed by atoms with Gasteiger partial charge in [0, 0.05) is 0 Å². The third kappa shape index (κ3) is 1.33. The van der Waals surface area contributed by atoms with Crippen LogP contribution in [0.15, 0.2) is 0 Å². The normalized spacial score (nSPS) is 53.8. The van der Waals surface area contributed by atoms with E-state index in [0.29, 0.717) is 0 Å². The van der Waals surface area contributed by atoms with Crippen LogP contribution in [0.4, 0.5) is 0 Å². The number of hydrogen-bond donors (Lipinski definition) is 0. The van der Waals surface area contributed by atoms with Gasteiger partial charge >= 0.3 is 0 Å². The molecule has 13 heavy (non-hydrogen) atoms. The molecule has 0 aromatic heterocycles. The second kappa shape index (κ2) is 3.00. The molecule has 3 atom stereocenters. The third-order valence-electron chi connectivity index (χ3n) is 5.10. The lowest BCUT2D eigenvalue weighted by Gasteiger charge is -2.39. The van der Waals surface area contributed by atoms with E-state index in [1.54, 1.807) is 38.5 Å². The van der Waals surface area contributed by atoms with Crippen LogP contribution in [0.25, 0.3) is 0 Å². The molecule has 4 saturated carbocycles. The lowest BCUT2D eigenvalue weighted by Crippen LogP contribution is -2.27. The second-order valence-corrected chi connectivity index (χ2v) is 5.94. The maximum atomic E-state index is 2.41. The molecule has 4 fully saturated rings. The maximum Gasteiger partial charge on any atom is -0.0381 e. The monoisotopic (exact) mass is 178 g/mol. The van der Waals surface area contributed by atoms with Gasteiger partial charge in [-0.25, -0.2) is 0 Å². The average Bonchev–Trinajstić information content (AvgIpc) is 2.29. The summed E-state index contributed by atoms with van der Waals surface area (Å²) in [4.78, 5) is 0. The Kier molecular flexibility index (Phi) is 1.92. The first-order valence-electron chi connectivity index (χ1n) is 6.35. The summed E-state index contributed by atoms with van der Waals surface area (Å²) < 4.78 is 0. The zero-order chi connectivity index (χ0) is 8.84. The molecule has 0 nitrogen and oxygen atoms in total. The van der Waals surface area contributed by atoms with Gasteiger partial charge in [-0.1, -0.05) is 13.3 Å². The van der Waals surface area contributed by atoms with Gasteiger partial charge in [0.15, 0.2) is 0 Å². The SMILES string of the molecule is CCC1CC2CC3CC(C2)CC1C3. The Morgan fingerprint density at radius 1 is 0.769 bits per heavy atom. The topological polar surface area (TPSA) is 0 Å². The molecule has 0 radical (unpaired) electrons. The van der Waals surface area contributed by atoms with Gasteiger partial charge in [-0.3, -0.25) is 0 Å².